The number of hydrogen-bond acceptors (Lipinski definition) is 5. The first-order valence-electron chi connectivity index (χ1n) is 10.1. The molecular weight excluding hydrogens is 380 g/mol. The number of hydrogen-bond donors (Lipinski definition) is 3. The summed E-state index contributed by atoms with van der Waals surface area (Å²) in [6.45, 7) is 1.34. The third-order valence-electron chi connectivity index (χ3n) is 4.95. The molecule has 0 amide bonds. The van der Waals surface area contributed by atoms with Crippen molar-refractivity contribution in [3.05, 3.63) is 66.7 Å². The van der Waals surface area contributed by atoms with Gasteiger partial charge in [-0.15, -0.1) is 0 Å². The van der Waals surface area contributed by atoms with Crippen molar-refractivity contribution in [1.82, 2.24) is 10.3 Å². The number of H-pyrrole nitrogens is 1. The first-order chi connectivity index (χ1) is 14.8. The Morgan fingerprint density at radius 2 is 1.53 bits per heavy atom. The maximum atomic E-state index is 10.2. The van der Waals surface area contributed by atoms with Gasteiger partial charge in [0.1, 0.15) is 18.6 Å². The van der Waals surface area contributed by atoms with Gasteiger partial charge in [-0.2, -0.15) is 0 Å². The molecule has 0 saturated carbocycles. The van der Waals surface area contributed by atoms with E-state index in [1.807, 2.05) is 54.6 Å². The van der Waals surface area contributed by atoms with Crippen LogP contribution in [-0.2, 0) is 0 Å². The number of ether oxygens (including phenoxy) is 3. The van der Waals surface area contributed by atoms with E-state index in [0.29, 0.717) is 37.7 Å². The lowest BCUT2D eigenvalue weighted by molar-refractivity contribution is 0.103. The van der Waals surface area contributed by atoms with Crippen LogP contribution in [0.2, 0.25) is 0 Å². The molecule has 0 spiro atoms. The molecule has 1 unspecified atom stereocenters. The number of aromatic amines is 1. The Balaban J connectivity index is 1.25. The summed E-state index contributed by atoms with van der Waals surface area (Å²) < 4.78 is 17.0. The predicted octanol–water partition coefficient (Wildman–Crippen LogP) is 4.09. The SMILES string of the molecule is COc1ccccc1OCCNC(O)CCOc1cccc2[nH]c3ccccc3c12. The molecule has 30 heavy (non-hydrogen) atoms. The Morgan fingerprint density at radius 1 is 0.833 bits per heavy atom. The summed E-state index contributed by atoms with van der Waals surface area (Å²) >= 11 is 0. The van der Waals surface area contributed by atoms with Crippen molar-refractivity contribution in [2.24, 2.45) is 0 Å². The van der Waals surface area contributed by atoms with Gasteiger partial charge in [0, 0.05) is 29.3 Å². The minimum absolute atomic E-state index is 0.403. The lowest BCUT2D eigenvalue weighted by Gasteiger charge is -2.15. The van der Waals surface area contributed by atoms with E-state index in [0.717, 1.165) is 27.6 Å². The molecule has 4 rings (SSSR count). The number of aliphatic hydroxyl groups is 1. The van der Waals surface area contributed by atoms with E-state index in [1.54, 1.807) is 7.11 Å². The van der Waals surface area contributed by atoms with Crippen molar-refractivity contribution in [1.29, 1.82) is 0 Å². The van der Waals surface area contributed by atoms with E-state index in [2.05, 4.69) is 22.4 Å². The number of aliphatic hydroxyl groups excluding tert-OH is 1. The van der Waals surface area contributed by atoms with Gasteiger partial charge in [0.25, 0.3) is 0 Å². The van der Waals surface area contributed by atoms with E-state index in [9.17, 15) is 5.11 Å². The Hall–Kier alpha value is -3.22. The second-order valence-corrected chi connectivity index (χ2v) is 6.96. The van der Waals surface area contributed by atoms with Crippen LogP contribution in [0.5, 0.6) is 17.2 Å². The molecule has 6 heteroatoms. The molecular formula is C24H26N2O4. The largest absolute Gasteiger partial charge is 0.493 e. The van der Waals surface area contributed by atoms with Crippen LogP contribution < -0.4 is 19.5 Å². The molecule has 0 saturated heterocycles. The summed E-state index contributed by atoms with van der Waals surface area (Å²) in [7, 11) is 1.61. The van der Waals surface area contributed by atoms with Crippen molar-refractivity contribution >= 4 is 21.8 Å². The fraction of sp³-hybridized carbons (Fsp3) is 0.250. The van der Waals surface area contributed by atoms with Gasteiger partial charge in [0.05, 0.1) is 19.2 Å². The van der Waals surface area contributed by atoms with E-state index in [1.165, 1.54) is 0 Å². The fourth-order valence-electron chi connectivity index (χ4n) is 3.50. The molecule has 0 aliphatic rings. The number of benzene rings is 3. The molecule has 0 aliphatic carbocycles. The van der Waals surface area contributed by atoms with E-state index in [-0.39, 0.29) is 0 Å². The number of para-hydroxylation sites is 3. The van der Waals surface area contributed by atoms with Gasteiger partial charge in [0.2, 0.25) is 0 Å². The number of nitrogens with one attached hydrogen (secondary N) is 2. The van der Waals surface area contributed by atoms with Crippen LogP contribution in [0.1, 0.15) is 6.42 Å². The third-order valence-corrected chi connectivity index (χ3v) is 4.95. The van der Waals surface area contributed by atoms with Gasteiger partial charge in [-0.3, -0.25) is 5.32 Å². The second kappa shape index (κ2) is 9.52. The molecule has 4 aromatic rings. The van der Waals surface area contributed by atoms with Crippen LogP contribution in [-0.4, -0.2) is 43.2 Å². The maximum Gasteiger partial charge on any atom is 0.161 e. The zero-order valence-electron chi connectivity index (χ0n) is 16.9. The molecule has 3 aromatic carbocycles. The Labute approximate surface area is 175 Å². The Morgan fingerprint density at radius 3 is 2.40 bits per heavy atom. The number of rotatable bonds is 10. The number of aromatic nitrogens is 1. The zero-order chi connectivity index (χ0) is 20.8. The standard InChI is InChI=1S/C24H26N2O4/c1-28-20-10-4-5-11-21(20)30-16-14-25-23(27)13-15-29-22-12-6-9-19-24(22)17-7-2-3-8-18(17)26-19/h2-12,23,25-27H,13-16H2,1H3. The summed E-state index contributed by atoms with van der Waals surface area (Å²) in [5.41, 5.74) is 2.13. The van der Waals surface area contributed by atoms with Crippen molar-refractivity contribution in [2.75, 3.05) is 26.9 Å². The topological polar surface area (TPSA) is 75.7 Å². The second-order valence-electron chi connectivity index (χ2n) is 6.96. The average Bonchev–Trinajstić information content (AvgIpc) is 3.16. The number of methoxy groups -OCH3 is 1. The molecule has 0 aliphatic heterocycles. The highest BCUT2D eigenvalue weighted by Crippen LogP contribution is 2.33. The van der Waals surface area contributed by atoms with E-state index >= 15 is 0 Å². The summed E-state index contributed by atoms with van der Waals surface area (Å²) in [6, 6.07) is 21.6. The van der Waals surface area contributed by atoms with Gasteiger partial charge in [-0.05, 0) is 30.3 Å². The normalized spacial score (nSPS) is 12.2. The van der Waals surface area contributed by atoms with Crippen LogP contribution in [0.15, 0.2) is 66.7 Å². The van der Waals surface area contributed by atoms with Gasteiger partial charge < -0.3 is 24.3 Å². The summed E-state index contributed by atoms with van der Waals surface area (Å²) in [5.74, 6) is 2.20. The smallest absolute Gasteiger partial charge is 0.161 e. The molecule has 156 valence electrons. The maximum absolute atomic E-state index is 10.2. The van der Waals surface area contributed by atoms with Crippen LogP contribution >= 0.6 is 0 Å². The van der Waals surface area contributed by atoms with Gasteiger partial charge in [0.15, 0.2) is 11.5 Å². The lowest BCUT2D eigenvalue weighted by atomic mass is 10.1. The fourth-order valence-corrected chi connectivity index (χ4v) is 3.50. The Bertz CT molecular complexity index is 1110. The minimum Gasteiger partial charge on any atom is -0.493 e. The van der Waals surface area contributed by atoms with Crippen LogP contribution in [0, 0.1) is 0 Å². The van der Waals surface area contributed by atoms with E-state index < -0.39 is 6.23 Å². The highest BCUT2D eigenvalue weighted by atomic mass is 16.5. The molecule has 6 nitrogen and oxygen atoms in total. The van der Waals surface area contributed by atoms with Crippen molar-refractivity contribution < 1.29 is 19.3 Å². The quantitative estimate of drug-likeness (QED) is 0.273. The summed E-state index contributed by atoms with van der Waals surface area (Å²) in [4.78, 5) is 3.41. The molecule has 1 heterocycles. The monoisotopic (exact) mass is 406 g/mol. The van der Waals surface area contributed by atoms with Crippen LogP contribution in [0.3, 0.4) is 0 Å². The average molecular weight is 406 g/mol. The molecule has 1 atom stereocenters. The third kappa shape index (κ3) is 4.50. The zero-order valence-corrected chi connectivity index (χ0v) is 16.9. The van der Waals surface area contributed by atoms with E-state index in [4.69, 9.17) is 14.2 Å². The van der Waals surface area contributed by atoms with Crippen molar-refractivity contribution in [3.8, 4) is 17.2 Å². The number of fused-ring (bicyclic) bond motifs is 3. The molecule has 3 N–H and O–H groups in total. The Kier molecular flexibility index (Phi) is 6.37. The highest BCUT2D eigenvalue weighted by molar-refractivity contribution is 6.10. The molecule has 0 fully saturated rings. The van der Waals surface area contributed by atoms with Crippen molar-refractivity contribution in [2.45, 2.75) is 12.6 Å². The minimum atomic E-state index is -0.673. The summed E-state index contributed by atoms with van der Waals surface area (Å²) in [5, 5.41) is 15.4. The first-order valence-corrected chi connectivity index (χ1v) is 10.1. The highest BCUT2D eigenvalue weighted by Gasteiger charge is 2.10. The van der Waals surface area contributed by atoms with Gasteiger partial charge in [-0.1, -0.05) is 36.4 Å². The molecule has 0 radical (unpaired) electrons. The van der Waals surface area contributed by atoms with Crippen molar-refractivity contribution in [3.63, 3.8) is 0 Å². The summed E-state index contributed by atoms with van der Waals surface area (Å²) in [6.07, 6.45) is -0.207. The lowest BCUT2D eigenvalue weighted by Crippen LogP contribution is -2.33. The van der Waals surface area contributed by atoms with Gasteiger partial charge in [-0.25, -0.2) is 0 Å². The molecule has 1 aromatic heterocycles. The molecule has 0 bridgehead atoms. The predicted molar refractivity (Wildman–Crippen MR) is 118 cm³/mol. The van der Waals surface area contributed by atoms with Crippen LogP contribution in [0.4, 0.5) is 0 Å². The van der Waals surface area contributed by atoms with Crippen LogP contribution in [0.25, 0.3) is 21.8 Å². The first kappa shape index (κ1) is 20.1. The van der Waals surface area contributed by atoms with Gasteiger partial charge >= 0.3 is 0 Å².